The fraction of sp³-hybridized carbons (Fsp3) is 0.444. The van der Waals surface area contributed by atoms with Crippen molar-refractivity contribution in [2.45, 2.75) is 25.4 Å². The number of carboxylic acid groups (broad SMARTS) is 1. The van der Waals surface area contributed by atoms with Crippen molar-refractivity contribution in [1.82, 2.24) is 15.3 Å². The fourth-order valence-corrected chi connectivity index (χ4v) is 1.13. The second-order valence-electron chi connectivity index (χ2n) is 3.58. The van der Waals surface area contributed by atoms with Crippen molar-refractivity contribution in [3.8, 4) is 0 Å². The van der Waals surface area contributed by atoms with E-state index in [-0.39, 0.29) is 12.3 Å². The summed E-state index contributed by atoms with van der Waals surface area (Å²) in [7, 11) is 0. The summed E-state index contributed by atoms with van der Waals surface area (Å²) in [6.45, 7) is 1.60. The summed E-state index contributed by atoms with van der Waals surface area (Å²) in [4.78, 5) is 28.8. The van der Waals surface area contributed by atoms with E-state index in [1.807, 2.05) is 0 Å². The molecule has 0 aliphatic rings. The first-order valence-corrected chi connectivity index (χ1v) is 4.84. The quantitative estimate of drug-likeness (QED) is 0.471. The van der Waals surface area contributed by atoms with E-state index in [1.54, 1.807) is 6.92 Å². The molecule has 16 heavy (non-hydrogen) atoms. The summed E-state index contributed by atoms with van der Waals surface area (Å²) in [6, 6.07) is -1.44. The van der Waals surface area contributed by atoms with Crippen LogP contribution >= 0.6 is 0 Å². The third-order valence-electron chi connectivity index (χ3n) is 2.04. The van der Waals surface area contributed by atoms with Gasteiger partial charge < -0.3 is 21.1 Å². The number of imidazole rings is 1. The Hall–Kier alpha value is -1.89. The van der Waals surface area contributed by atoms with Crippen LogP contribution in [0.25, 0.3) is 0 Å². The van der Waals surface area contributed by atoms with Crippen LogP contribution in [0.2, 0.25) is 0 Å². The Balaban J connectivity index is 2.62. The number of hydrogen-bond donors (Lipinski definition) is 4. The third-order valence-corrected chi connectivity index (χ3v) is 2.04. The Morgan fingerprint density at radius 1 is 1.69 bits per heavy atom. The van der Waals surface area contributed by atoms with Gasteiger partial charge in [-0.1, -0.05) is 0 Å². The number of carbonyl (C=O) groups excluding carboxylic acids is 1. The molecule has 0 aliphatic carbocycles. The van der Waals surface area contributed by atoms with Gasteiger partial charge >= 0.3 is 5.97 Å². The highest BCUT2D eigenvalue weighted by molar-refractivity contribution is 5.85. The molecular formula is C9H15N4O3+. The van der Waals surface area contributed by atoms with Crippen LogP contribution in [-0.4, -0.2) is 39.0 Å². The Kier molecular flexibility index (Phi) is 4.01. The summed E-state index contributed by atoms with van der Waals surface area (Å²) < 4.78 is 0. The molecule has 1 rings (SSSR count). The number of hydrogen-bond acceptors (Lipinski definition) is 3. The van der Waals surface area contributed by atoms with E-state index in [0.29, 0.717) is 5.69 Å². The molecule has 6 N–H and O–H groups in total. The standard InChI is InChI=1S/C9H14N4O3/c1-5(10)8(14)13-7(9(15)16)2-6-3-11-4-12-6/h3-5,7H,2,10H2,1H3,(H,11,12)(H,13,14)(H,15,16)/p+1. The highest BCUT2D eigenvalue weighted by Crippen LogP contribution is 1.99. The van der Waals surface area contributed by atoms with Crippen molar-refractivity contribution < 1.29 is 20.4 Å². The van der Waals surface area contributed by atoms with Gasteiger partial charge in [-0.25, -0.2) is 9.78 Å². The van der Waals surface area contributed by atoms with Gasteiger partial charge in [0.2, 0.25) is 0 Å². The molecule has 1 aromatic rings. The monoisotopic (exact) mass is 227 g/mol. The molecule has 1 heterocycles. The predicted octanol–water partition coefficient (Wildman–Crippen LogP) is -1.85. The van der Waals surface area contributed by atoms with E-state index in [9.17, 15) is 9.59 Å². The van der Waals surface area contributed by atoms with Gasteiger partial charge in [-0.15, -0.1) is 0 Å². The number of carbonyl (C=O) groups is 2. The second-order valence-corrected chi connectivity index (χ2v) is 3.58. The smallest absolute Gasteiger partial charge is 0.326 e. The van der Waals surface area contributed by atoms with Gasteiger partial charge in [0.1, 0.15) is 6.04 Å². The molecule has 0 fully saturated rings. The lowest BCUT2D eigenvalue weighted by atomic mass is 10.1. The molecule has 0 spiro atoms. The number of H-pyrrole nitrogens is 1. The van der Waals surface area contributed by atoms with E-state index in [4.69, 9.17) is 5.11 Å². The molecular weight excluding hydrogens is 212 g/mol. The first-order chi connectivity index (χ1) is 7.50. The van der Waals surface area contributed by atoms with Gasteiger partial charge in [-0.05, 0) is 6.92 Å². The summed E-state index contributed by atoms with van der Waals surface area (Å²) >= 11 is 0. The minimum Gasteiger partial charge on any atom is -0.480 e. The van der Waals surface area contributed by atoms with Crippen LogP contribution in [0, 0.1) is 0 Å². The molecule has 0 bridgehead atoms. The normalized spacial score (nSPS) is 14.1. The van der Waals surface area contributed by atoms with Crippen LogP contribution in [0.4, 0.5) is 0 Å². The zero-order valence-electron chi connectivity index (χ0n) is 8.93. The van der Waals surface area contributed by atoms with Crippen LogP contribution in [0.15, 0.2) is 12.5 Å². The Morgan fingerprint density at radius 3 is 2.81 bits per heavy atom. The number of aromatic nitrogens is 2. The van der Waals surface area contributed by atoms with E-state index in [1.165, 1.54) is 12.5 Å². The summed E-state index contributed by atoms with van der Waals surface area (Å²) in [5, 5.41) is 11.3. The Morgan fingerprint density at radius 2 is 2.38 bits per heavy atom. The van der Waals surface area contributed by atoms with Crippen LogP contribution in [-0.2, 0) is 16.0 Å². The summed E-state index contributed by atoms with van der Waals surface area (Å²) in [5.74, 6) is -1.46. The van der Waals surface area contributed by atoms with Gasteiger partial charge in [0.25, 0.3) is 5.91 Å². The lowest BCUT2D eigenvalue weighted by Gasteiger charge is -2.13. The lowest BCUT2D eigenvalue weighted by molar-refractivity contribution is -0.398. The van der Waals surface area contributed by atoms with Crippen molar-refractivity contribution in [3.05, 3.63) is 18.2 Å². The first kappa shape index (κ1) is 12.2. The highest BCUT2D eigenvalue weighted by Gasteiger charge is 2.23. The van der Waals surface area contributed by atoms with Crippen LogP contribution in [0.5, 0.6) is 0 Å². The maximum Gasteiger partial charge on any atom is 0.326 e. The molecule has 88 valence electrons. The highest BCUT2D eigenvalue weighted by atomic mass is 16.4. The maximum absolute atomic E-state index is 11.3. The minimum atomic E-state index is -1.08. The number of aromatic amines is 1. The Bertz CT molecular complexity index is 361. The molecule has 2 atom stereocenters. The molecule has 7 nitrogen and oxygen atoms in total. The molecule has 7 heteroatoms. The van der Waals surface area contributed by atoms with Crippen molar-refractivity contribution in [3.63, 3.8) is 0 Å². The number of aliphatic carboxylic acids is 1. The lowest BCUT2D eigenvalue weighted by Crippen LogP contribution is -2.67. The first-order valence-electron chi connectivity index (χ1n) is 4.84. The zero-order chi connectivity index (χ0) is 12.1. The van der Waals surface area contributed by atoms with Gasteiger partial charge in [-0.2, -0.15) is 0 Å². The molecule has 1 amide bonds. The zero-order valence-corrected chi connectivity index (χ0v) is 8.93. The minimum absolute atomic E-state index is 0.174. The molecule has 0 saturated heterocycles. The summed E-state index contributed by atoms with van der Waals surface area (Å²) in [5.41, 5.74) is 4.18. The molecule has 0 saturated carbocycles. The number of carboxylic acids is 1. The van der Waals surface area contributed by atoms with E-state index >= 15 is 0 Å². The van der Waals surface area contributed by atoms with Crippen molar-refractivity contribution >= 4 is 11.9 Å². The SMILES string of the molecule is CC([NH3+])C(=O)NC(Cc1cnc[nH]1)C(=O)O. The van der Waals surface area contributed by atoms with Gasteiger partial charge in [0, 0.05) is 18.3 Å². The average molecular weight is 227 g/mol. The van der Waals surface area contributed by atoms with Gasteiger partial charge in [0.15, 0.2) is 6.04 Å². The molecule has 1 aromatic heterocycles. The third kappa shape index (κ3) is 3.35. The maximum atomic E-state index is 11.3. The van der Waals surface area contributed by atoms with Crippen LogP contribution < -0.4 is 11.1 Å². The Labute approximate surface area is 92.1 Å². The number of nitrogens with zero attached hydrogens (tertiary/aromatic N) is 1. The fourth-order valence-electron chi connectivity index (χ4n) is 1.13. The summed E-state index contributed by atoms with van der Waals surface area (Å²) in [6.07, 6.45) is 3.16. The number of amides is 1. The number of nitrogens with one attached hydrogen (secondary N) is 2. The average Bonchev–Trinajstić information content (AvgIpc) is 2.68. The van der Waals surface area contributed by atoms with Gasteiger partial charge in [0.05, 0.1) is 6.33 Å². The predicted molar refractivity (Wildman–Crippen MR) is 54.2 cm³/mol. The van der Waals surface area contributed by atoms with Crippen molar-refractivity contribution in [2.24, 2.45) is 0 Å². The van der Waals surface area contributed by atoms with Crippen molar-refractivity contribution in [1.29, 1.82) is 0 Å². The van der Waals surface area contributed by atoms with E-state index < -0.39 is 18.1 Å². The topological polar surface area (TPSA) is 123 Å². The van der Waals surface area contributed by atoms with Crippen LogP contribution in [0.1, 0.15) is 12.6 Å². The van der Waals surface area contributed by atoms with Gasteiger partial charge in [-0.3, -0.25) is 4.79 Å². The molecule has 2 unspecified atom stereocenters. The number of rotatable bonds is 5. The molecule has 0 aliphatic heterocycles. The largest absolute Gasteiger partial charge is 0.480 e. The van der Waals surface area contributed by atoms with Crippen LogP contribution in [0.3, 0.4) is 0 Å². The van der Waals surface area contributed by atoms with E-state index in [0.717, 1.165) is 0 Å². The van der Waals surface area contributed by atoms with E-state index in [2.05, 4.69) is 21.0 Å². The second kappa shape index (κ2) is 5.26. The van der Waals surface area contributed by atoms with Crippen molar-refractivity contribution in [2.75, 3.05) is 0 Å². The molecule has 0 radical (unpaired) electrons. The molecule has 0 aromatic carbocycles. The number of quaternary nitrogens is 1.